The molecule has 1 N–H and O–H groups in total. The molecule has 2 unspecified atom stereocenters. The summed E-state index contributed by atoms with van der Waals surface area (Å²) in [7, 11) is 0. The molecule has 2 nitrogen and oxygen atoms in total. The fourth-order valence-electron chi connectivity index (χ4n) is 3.38. The van der Waals surface area contributed by atoms with Gasteiger partial charge in [-0.15, -0.1) is 0 Å². The molecule has 0 aliphatic carbocycles. The third-order valence-corrected chi connectivity index (χ3v) is 4.38. The van der Waals surface area contributed by atoms with Crippen molar-refractivity contribution >= 4 is 5.69 Å². The van der Waals surface area contributed by atoms with Crippen LogP contribution >= 0.6 is 0 Å². The van der Waals surface area contributed by atoms with Gasteiger partial charge in [0.15, 0.2) is 0 Å². The standard InChI is InChI=1S/C15H19F3N2/c16-15(17,18)11-3-1-4-12(9-11)19-13-6-8-20-7-2-5-14(20)10-13/h1,3-4,9,13-14,19H,2,5-8,10H2. The van der Waals surface area contributed by atoms with E-state index in [0.29, 0.717) is 11.7 Å². The Bertz CT molecular complexity index is 472. The van der Waals surface area contributed by atoms with Crippen LogP contribution in [-0.2, 0) is 6.18 Å². The van der Waals surface area contributed by atoms with Gasteiger partial charge < -0.3 is 10.2 Å². The fraction of sp³-hybridized carbons (Fsp3) is 0.600. The van der Waals surface area contributed by atoms with E-state index in [-0.39, 0.29) is 6.04 Å². The van der Waals surface area contributed by atoms with Crippen molar-refractivity contribution in [2.75, 3.05) is 18.4 Å². The third-order valence-electron chi connectivity index (χ3n) is 4.38. The monoisotopic (exact) mass is 284 g/mol. The van der Waals surface area contributed by atoms with Gasteiger partial charge in [-0.05, 0) is 50.4 Å². The van der Waals surface area contributed by atoms with Crippen LogP contribution in [0.1, 0.15) is 31.2 Å². The van der Waals surface area contributed by atoms with Crippen molar-refractivity contribution in [3.05, 3.63) is 29.8 Å². The van der Waals surface area contributed by atoms with Crippen molar-refractivity contribution in [2.24, 2.45) is 0 Å². The van der Waals surface area contributed by atoms with Gasteiger partial charge in [-0.1, -0.05) is 6.07 Å². The van der Waals surface area contributed by atoms with E-state index < -0.39 is 11.7 Å². The molecule has 3 rings (SSSR count). The molecule has 0 aromatic heterocycles. The number of halogens is 3. The molecule has 2 aliphatic heterocycles. The highest BCUT2D eigenvalue weighted by Crippen LogP contribution is 2.32. The third kappa shape index (κ3) is 2.92. The number of hydrogen-bond donors (Lipinski definition) is 1. The summed E-state index contributed by atoms with van der Waals surface area (Å²) in [5.41, 5.74) is -0.00271. The van der Waals surface area contributed by atoms with Gasteiger partial charge in [-0.25, -0.2) is 0 Å². The Balaban J connectivity index is 1.66. The minimum atomic E-state index is -4.27. The van der Waals surface area contributed by atoms with Crippen LogP contribution in [-0.4, -0.2) is 30.1 Å². The number of piperidine rings is 1. The lowest BCUT2D eigenvalue weighted by Crippen LogP contribution is -2.42. The van der Waals surface area contributed by atoms with E-state index >= 15 is 0 Å². The van der Waals surface area contributed by atoms with Gasteiger partial charge in [0.05, 0.1) is 5.56 Å². The summed E-state index contributed by atoms with van der Waals surface area (Å²) in [5.74, 6) is 0. The highest BCUT2D eigenvalue weighted by Gasteiger charge is 2.33. The second kappa shape index (κ2) is 5.28. The van der Waals surface area contributed by atoms with Crippen LogP contribution in [0.2, 0.25) is 0 Å². The summed E-state index contributed by atoms with van der Waals surface area (Å²) in [4.78, 5) is 2.50. The van der Waals surface area contributed by atoms with Gasteiger partial charge in [-0.3, -0.25) is 0 Å². The molecule has 2 fully saturated rings. The van der Waals surface area contributed by atoms with Crippen molar-refractivity contribution in [3.8, 4) is 0 Å². The molecule has 0 saturated carbocycles. The molecular formula is C15H19F3N2. The average Bonchev–Trinajstić information content (AvgIpc) is 2.85. The molecule has 0 radical (unpaired) electrons. The van der Waals surface area contributed by atoms with Gasteiger partial charge in [0.2, 0.25) is 0 Å². The Labute approximate surface area is 117 Å². The van der Waals surface area contributed by atoms with E-state index in [1.807, 2.05) is 0 Å². The summed E-state index contributed by atoms with van der Waals surface area (Å²) in [5, 5.41) is 3.28. The highest BCUT2D eigenvalue weighted by molar-refractivity contribution is 5.47. The molecule has 0 spiro atoms. The van der Waals surface area contributed by atoms with Crippen LogP contribution < -0.4 is 5.32 Å². The average molecular weight is 284 g/mol. The molecule has 0 amide bonds. The Morgan fingerprint density at radius 1 is 1.15 bits per heavy atom. The topological polar surface area (TPSA) is 15.3 Å². The van der Waals surface area contributed by atoms with E-state index in [4.69, 9.17) is 0 Å². The van der Waals surface area contributed by atoms with Crippen LogP contribution in [0.25, 0.3) is 0 Å². The van der Waals surface area contributed by atoms with E-state index in [0.717, 1.165) is 25.5 Å². The largest absolute Gasteiger partial charge is 0.416 e. The van der Waals surface area contributed by atoms with Crippen molar-refractivity contribution in [1.82, 2.24) is 4.90 Å². The number of nitrogens with zero attached hydrogens (tertiary/aromatic N) is 1. The molecular weight excluding hydrogens is 265 g/mol. The first kappa shape index (κ1) is 13.7. The molecule has 2 atom stereocenters. The quantitative estimate of drug-likeness (QED) is 0.890. The summed E-state index contributed by atoms with van der Waals surface area (Å²) in [6, 6.07) is 6.42. The van der Waals surface area contributed by atoms with Crippen LogP contribution in [0.5, 0.6) is 0 Å². The van der Waals surface area contributed by atoms with Crippen LogP contribution in [0.15, 0.2) is 24.3 Å². The lowest BCUT2D eigenvalue weighted by atomic mass is 9.97. The first-order chi connectivity index (χ1) is 9.52. The number of anilines is 1. The number of benzene rings is 1. The highest BCUT2D eigenvalue weighted by atomic mass is 19.4. The molecule has 1 aromatic carbocycles. The van der Waals surface area contributed by atoms with Gasteiger partial charge in [0.25, 0.3) is 0 Å². The van der Waals surface area contributed by atoms with Gasteiger partial charge in [-0.2, -0.15) is 13.2 Å². The zero-order chi connectivity index (χ0) is 14.2. The van der Waals surface area contributed by atoms with Crippen LogP contribution in [0.4, 0.5) is 18.9 Å². The second-order valence-corrected chi connectivity index (χ2v) is 5.78. The normalized spacial score (nSPS) is 27.4. The van der Waals surface area contributed by atoms with E-state index in [1.54, 1.807) is 6.07 Å². The molecule has 0 bridgehead atoms. The molecule has 2 aliphatic rings. The molecule has 20 heavy (non-hydrogen) atoms. The van der Waals surface area contributed by atoms with E-state index in [9.17, 15) is 13.2 Å². The molecule has 1 aromatic rings. The van der Waals surface area contributed by atoms with Gasteiger partial charge >= 0.3 is 6.18 Å². The molecule has 2 heterocycles. The van der Waals surface area contributed by atoms with Gasteiger partial charge in [0.1, 0.15) is 0 Å². The van der Waals surface area contributed by atoms with Crippen molar-refractivity contribution in [2.45, 2.75) is 43.9 Å². The summed E-state index contributed by atoms with van der Waals surface area (Å²) < 4.78 is 38.1. The smallest absolute Gasteiger partial charge is 0.382 e. The zero-order valence-electron chi connectivity index (χ0n) is 11.3. The lowest BCUT2D eigenvalue weighted by molar-refractivity contribution is -0.137. The van der Waals surface area contributed by atoms with E-state index in [2.05, 4.69) is 10.2 Å². The number of nitrogens with one attached hydrogen (secondary N) is 1. The summed E-state index contributed by atoms with van der Waals surface area (Å²) in [6.45, 7) is 2.24. The van der Waals surface area contributed by atoms with Crippen LogP contribution in [0, 0.1) is 0 Å². The number of fused-ring (bicyclic) bond motifs is 1. The van der Waals surface area contributed by atoms with Crippen molar-refractivity contribution in [1.29, 1.82) is 0 Å². The first-order valence-corrected chi connectivity index (χ1v) is 7.20. The SMILES string of the molecule is FC(F)(F)c1cccc(NC2CCN3CCCC3C2)c1. The number of hydrogen-bond acceptors (Lipinski definition) is 2. The van der Waals surface area contributed by atoms with Crippen molar-refractivity contribution in [3.63, 3.8) is 0 Å². The number of alkyl halides is 3. The fourth-order valence-corrected chi connectivity index (χ4v) is 3.38. The minimum absolute atomic E-state index is 0.290. The lowest BCUT2D eigenvalue weighted by Gasteiger charge is -2.35. The Kier molecular flexibility index (Phi) is 3.63. The molecule has 110 valence electrons. The maximum absolute atomic E-state index is 12.7. The minimum Gasteiger partial charge on any atom is -0.382 e. The maximum Gasteiger partial charge on any atom is 0.416 e. The van der Waals surface area contributed by atoms with Crippen LogP contribution in [0.3, 0.4) is 0 Å². The predicted octanol–water partition coefficient (Wildman–Crippen LogP) is 3.74. The van der Waals surface area contributed by atoms with E-state index in [1.165, 1.54) is 31.5 Å². The Morgan fingerprint density at radius 2 is 2.00 bits per heavy atom. The summed E-state index contributed by atoms with van der Waals surface area (Å²) in [6.07, 6.45) is 0.247. The Hall–Kier alpha value is -1.23. The predicted molar refractivity (Wildman–Crippen MR) is 72.7 cm³/mol. The van der Waals surface area contributed by atoms with Crippen molar-refractivity contribution < 1.29 is 13.2 Å². The summed E-state index contributed by atoms with van der Waals surface area (Å²) >= 11 is 0. The van der Waals surface area contributed by atoms with Gasteiger partial charge in [0, 0.05) is 24.3 Å². The number of rotatable bonds is 2. The Morgan fingerprint density at radius 3 is 2.80 bits per heavy atom. The second-order valence-electron chi connectivity index (χ2n) is 5.78. The zero-order valence-corrected chi connectivity index (χ0v) is 11.3. The molecule has 5 heteroatoms. The molecule has 2 saturated heterocycles. The maximum atomic E-state index is 12.7. The first-order valence-electron chi connectivity index (χ1n) is 7.20.